The van der Waals surface area contributed by atoms with E-state index in [2.05, 4.69) is 22.2 Å². The van der Waals surface area contributed by atoms with Crippen LogP contribution in [0.1, 0.15) is 17.4 Å². The van der Waals surface area contributed by atoms with Crippen molar-refractivity contribution in [2.75, 3.05) is 10.6 Å². The van der Waals surface area contributed by atoms with E-state index in [4.69, 9.17) is 5.73 Å². The minimum absolute atomic E-state index is 0.0961. The molecule has 0 saturated carbocycles. The first kappa shape index (κ1) is 18.5. The number of nitrogens with two attached hydrogens (primary N) is 1. The first-order valence-corrected chi connectivity index (χ1v) is 7.45. The van der Waals surface area contributed by atoms with Gasteiger partial charge in [-0.15, -0.1) is 0 Å². The van der Waals surface area contributed by atoms with Crippen molar-refractivity contribution in [2.45, 2.75) is 6.92 Å². The van der Waals surface area contributed by atoms with Gasteiger partial charge in [0.05, 0.1) is 5.69 Å². The predicted octanol–water partition coefficient (Wildman–Crippen LogP) is 2.13. The lowest BCUT2D eigenvalue weighted by Crippen LogP contribution is -2.19. The fraction of sp³-hybridized carbons (Fsp3) is 0.0588. The van der Waals surface area contributed by atoms with Crippen LogP contribution >= 0.6 is 0 Å². The van der Waals surface area contributed by atoms with Gasteiger partial charge in [-0.1, -0.05) is 18.7 Å². The summed E-state index contributed by atoms with van der Waals surface area (Å²) >= 11 is 0. The minimum Gasteiger partial charge on any atom is -0.476 e. The van der Waals surface area contributed by atoms with Crippen molar-refractivity contribution in [1.82, 2.24) is 9.55 Å². The zero-order chi connectivity index (χ0) is 19.3. The number of carbonyl (C=O) groups is 3. The van der Waals surface area contributed by atoms with Crippen molar-refractivity contribution in [3.63, 3.8) is 0 Å². The lowest BCUT2D eigenvalue weighted by Gasteiger charge is -2.10. The van der Waals surface area contributed by atoms with E-state index in [9.17, 15) is 19.5 Å². The lowest BCUT2D eigenvalue weighted by molar-refractivity contribution is -0.112. The van der Waals surface area contributed by atoms with Crippen molar-refractivity contribution in [3.8, 4) is 5.82 Å². The van der Waals surface area contributed by atoms with Gasteiger partial charge in [-0.2, -0.15) is 0 Å². The first-order valence-electron chi connectivity index (χ1n) is 7.45. The van der Waals surface area contributed by atoms with Gasteiger partial charge in [0.15, 0.2) is 5.69 Å². The molecule has 2 aromatic heterocycles. The van der Waals surface area contributed by atoms with Crippen LogP contribution in [0.3, 0.4) is 0 Å². The van der Waals surface area contributed by atoms with Gasteiger partial charge in [0.1, 0.15) is 5.82 Å². The number of pyridine rings is 1. The number of carbonyl (C=O) groups excluding carboxylic acids is 2. The Hall–Kier alpha value is -3.88. The van der Waals surface area contributed by atoms with Crippen LogP contribution in [-0.2, 0) is 4.79 Å². The molecule has 0 aliphatic carbocycles. The smallest absolute Gasteiger partial charge is 0.355 e. The molecule has 26 heavy (non-hydrogen) atoms. The van der Waals surface area contributed by atoms with Crippen LogP contribution in [-0.4, -0.2) is 32.6 Å². The molecular weight excluding hydrogens is 338 g/mol. The number of anilines is 2. The molecule has 9 heteroatoms. The highest BCUT2D eigenvalue weighted by atomic mass is 16.4. The number of aromatic carboxylic acids is 1. The van der Waals surface area contributed by atoms with E-state index in [0.717, 1.165) is 0 Å². The van der Waals surface area contributed by atoms with E-state index >= 15 is 0 Å². The summed E-state index contributed by atoms with van der Waals surface area (Å²) in [5, 5.41) is 14.5. The second kappa shape index (κ2) is 7.79. The topological polar surface area (TPSA) is 139 Å². The van der Waals surface area contributed by atoms with Crippen molar-refractivity contribution >= 4 is 29.3 Å². The van der Waals surface area contributed by atoms with E-state index in [0.29, 0.717) is 11.3 Å². The summed E-state index contributed by atoms with van der Waals surface area (Å²) in [6.45, 7) is 5.20. The third-order valence-corrected chi connectivity index (χ3v) is 3.39. The maximum absolute atomic E-state index is 12.1. The van der Waals surface area contributed by atoms with Crippen LogP contribution in [0.5, 0.6) is 0 Å². The monoisotopic (exact) mass is 355 g/mol. The molecule has 9 nitrogen and oxygen atoms in total. The Kier molecular flexibility index (Phi) is 5.53. The number of hydrogen-bond acceptors (Lipinski definition) is 4. The number of nitrogens with one attached hydrogen (secondary N) is 2. The highest BCUT2D eigenvalue weighted by Gasteiger charge is 2.20. The summed E-state index contributed by atoms with van der Waals surface area (Å²) < 4.78 is 1.27. The van der Waals surface area contributed by atoms with Gasteiger partial charge in [0.2, 0.25) is 0 Å². The zero-order valence-corrected chi connectivity index (χ0v) is 13.9. The third-order valence-electron chi connectivity index (χ3n) is 3.39. The largest absolute Gasteiger partial charge is 0.476 e. The highest BCUT2D eigenvalue weighted by Crippen LogP contribution is 2.23. The summed E-state index contributed by atoms with van der Waals surface area (Å²) in [7, 11) is 0. The quantitative estimate of drug-likeness (QED) is 0.464. The average molecular weight is 355 g/mol. The number of aromatic nitrogens is 2. The fourth-order valence-corrected chi connectivity index (χ4v) is 2.25. The van der Waals surface area contributed by atoms with E-state index in [1.54, 1.807) is 13.0 Å². The Morgan fingerprint density at radius 2 is 2.04 bits per heavy atom. The highest BCUT2D eigenvalue weighted by molar-refractivity contribution is 6.08. The summed E-state index contributed by atoms with van der Waals surface area (Å²) in [4.78, 5) is 38.9. The second-order valence-electron chi connectivity index (χ2n) is 5.05. The number of carboxylic acids is 1. The number of hydrogen-bond donors (Lipinski definition) is 4. The fourth-order valence-electron chi connectivity index (χ4n) is 2.25. The van der Waals surface area contributed by atoms with Crippen LogP contribution in [0, 0.1) is 0 Å². The van der Waals surface area contributed by atoms with Crippen LogP contribution < -0.4 is 16.4 Å². The molecule has 3 amide bonds. The lowest BCUT2D eigenvalue weighted by atomic mass is 10.2. The van der Waals surface area contributed by atoms with Gasteiger partial charge >= 0.3 is 12.0 Å². The molecule has 0 spiro atoms. The Bertz CT molecular complexity index is 914. The molecular formula is C17H17N5O4. The molecule has 2 heterocycles. The molecule has 0 bridgehead atoms. The van der Waals surface area contributed by atoms with Crippen LogP contribution in [0.2, 0.25) is 0 Å². The van der Waals surface area contributed by atoms with Crippen LogP contribution in [0.4, 0.5) is 16.2 Å². The van der Waals surface area contributed by atoms with Crippen molar-refractivity contribution in [2.24, 2.45) is 5.73 Å². The Morgan fingerprint density at radius 1 is 1.31 bits per heavy atom. The van der Waals surface area contributed by atoms with E-state index < -0.39 is 17.9 Å². The third kappa shape index (κ3) is 3.96. The molecule has 0 aromatic carbocycles. The van der Waals surface area contributed by atoms with E-state index in [1.807, 2.05) is 0 Å². The number of carboxylic acid groups (broad SMARTS) is 1. The molecule has 2 aromatic rings. The molecule has 0 atom stereocenters. The number of amides is 3. The summed E-state index contributed by atoms with van der Waals surface area (Å²) in [6.07, 6.45) is 5.76. The van der Waals surface area contributed by atoms with Gasteiger partial charge < -0.3 is 21.5 Å². The second-order valence-corrected chi connectivity index (χ2v) is 5.05. The molecule has 0 unspecified atom stereocenters. The SMILES string of the molecule is C=C/C(=C\C)C(=O)Nc1ccn(-c2cc(NC(N)=O)ccn2)c1C(=O)O. The van der Waals surface area contributed by atoms with Crippen LogP contribution in [0.15, 0.2) is 54.9 Å². The number of allylic oxidation sites excluding steroid dienone is 1. The van der Waals surface area contributed by atoms with Gasteiger partial charge in [-0.25, -0.2) is 14.6 Å². The van der Waals surface area contributed by atoms with Gasteiger partial charge in [0.25, 0.3) is 5.91 Å². The number of primary amides is 1. The number of urea groups is 1. The summed E-state index contributed by atoms with van der Waals surface area (Å²) in [5.41, 5.74) is 5.63. The standard InChI is InChI=1S/C17H17N5O4/c1-3-10(4-2)15(23)21-12-6-8-22(14(12)16(24)25)13-9-11(5-7-19-13)20-17(18)26/h3-9H,1H2,2H3,(H,21,23)(H,24,25)(H3,18,19,20,26)/b10-4+. The molecule has 134 valence electrons. The maximum atomic E-state index is 12.1. The number of nitrogens with zero attached hydrogens (tertiary/aromatic N) is 2. The molecule has 5 N–H and O–H groups in total. The molecule has 0 aliphatic rings. The predicted molar refractivity (Wildman–Crippen MR) is 96.3 cm³/mol. The molecule has 0 saturated heterocycles. The van der Waals surface area contributed by atoms with E-state index in [-0.39, 0.29) is 17.2 Å². The zero-order valence-electron chi connectivity index (χ0n) is 13.9. The first-order chi connectivity index (χ1) is 12.4. The normalized spacial score (nSPS) is 10.9. The van der Waals surface area contributed by atoms with E-state index in [1.165, 1.54) is 41.2 Å². The van der Waals surface area contributed by atoms with Crippen molar-refractivity contribution < 1.29 is 19.5 Å². The molecule has 2 rings (SSSR count). The molecule has 0 fully saturated rings. The molecule has 0 radical (unpaired) electrons. The summed E-state index contributed by atoms with van der Waals surface area (Å²) in [5.74, 6) is -1.52. The van der Waals surface area contributed by atoms with Crippen LogP contribution in [0.25, 0.3) is 5.82 Å². The van der Waals surface area contributed by atoms with Gasteiger partial charge in [-0.3, -0.25) is 9.36 Å². The Balaban J connectivity index is 2.44. The Labute approximate surface area is 148 Å². The average Bonchev–Trinajstić information content (AvgIpc) is 2.99. The molecule has 0 aliphatic heterocycles. The maximum Gasteiger partial charge on any atom is 0.355 e. The number of rotatable bonds is 6. The van der Waals surface area contributed by atoms with Crippen molar-refractivity contribution in [3.05, 3.63) is 60.6 Å². The van der Waals surface area contributed by atoms with Crippen molar-refractivity contribution in [1.29, 1.82) is 0 Å². The van der Waals surface area contributed by atoms with Gasteiger partial charge in [-0.05, 0) is 19.1 Å². The Morgan fingerprint density at radius 3 is 2.62 bits per heavy atom. The minimum atomic E-state index is -1.26. The van der Waals surface area contributed by atoms with Gasteiger partial charge in [0, 0.05) is 29.7 Å². The summed E-state index contributed by atoms with van der Waals surface area (Å²) in [6, 6.07) is 3.63.